The summed E-state index contributed by atoms with van der Waals surface area (Å²) in [6.07, 6.45) is 3.73. The Kier molecular flexibility index (Phi) is 4.00. The van der Waals surface area contributed by atoms with E-state index in [1.165, 1.54) is 11.1 Å². The molecule has 1 aliphatic heterocycles. The van der Waals surface area contributed by atoms with E-state index in [0.29, 0.717) is 11.4 Å². The Labute approximate surface area is 150 Å². The Morgan fingerprint density at radius 3 is 2.56 bits per heavy atom. The first-order chi connectivity index (χ1) is 12.0. The van der Waals surface area contributed by atoms with Crippen molar-refractivity contribution in [1.29, 1.82) is 0 Å². The summed E-state index contributed by atoms with van der Waals surface area (Å²) in [5, 5.41) is 0. The number of benzene rings is 2. The van der Waals surface area contributed by atoms with Crippen molar-refractivity contribution < 1.29 is 8.42 Å². The van der Waals surface area contributed by atoms with E-state index in [1.54, 1.807) is 16.4 Å². The van der Waals surface area contributed by atoms with Gasteiger partial charge in [0.05, 0.1) is 4.90 Å². The smallest absolute Gasteiger partial charge is 0.207 e. The summed E-state index contributed by atoms with van der Waals surface area (Å²) in [7, 11) is -3.43. The van der Waals surface area contributed by atoms with E-state index in [4.69, 9.17) is 0 Å². The first kappa shape index (κ1) is 16.8. The molecule has 2 atom stereocenters. The van der Waals surface area contributed by atoms with Gasteiger partial charge in [0.15, 0.2) is 0 Å². The van der Waals surface area contributed by atoms with Crippen LogP contribution in [0.2, 0.25) is 0 Å². The van der Waals surface area contributed by atoms with Crippen LogP contribution in [-0.4, -0.2) is 25.3 Å². The molecule has 4 heteroatoms. The molecule has 0 saturated carbocycles. The van der Waals surface area contributed by atoms with Crippen molar-refractivity contribution in [1.82, 2.24) is 4.31 Å². The zero-order chi connectivity index (χ0) is 17.7. The third-order valence-electron chi connectivity index (χ3n) is 6.19. The van der Waals surface area contributed by atoms with Gasteiger partial charge in [-0.05, 0) is 61.3 Å². The van der Waals surface area contributed by atoms with E-state index in [9.17, 15) is 8.42 Å². The van der Waals surface area contributed by atoms with Crippen LogP contribution in [-0.2, 0) is 21.9 Å². The minimum atomic E-state index is -3.43. The standard InChI is InChI=1S/C21H25NO2S/c1-3-21-12-13-22(25(23,24)19-10-8-16(2)9-11-19)18(15-21)14-17-6-4-5-7-20(17)21/h4-11,18H,3,12-15H2,1-2H3/t18-,21-/m0/s1. The zero-order valence-electron chi connectivity index (χ0n) is 14.9. The number of piperidine rings is 1. The minimum absolute atomic E-state index is 0.0647. The average Bonchev–Trinajstić information content (AvgIpc) is 2.62. The molecule has 25 heavy (non-hydrogen) atoms. The highest BCUT2D eigenvalue weighted by molar-refractivity contribution is 7.89. The Morgan fingerprint density at radius 1 is 1.12 bits per heavy atom. The SMILES string of the molecule is CC[C@@]12CCN(S(=O)(=O)c3ccc(C)cc3)[C@@H](Cc3ccccc31)C2. The lowest BCUT2D eigenvalue weighted by molar-refractivity contribution is 0.145. The van der Waals surface area contributed by atoms with Crippen molar-refractivity contribution in [3.05, 3.63) is 65.2 Å². The summed E-state index contributed by atoms with van der Waals surface area (Å²) < 4.78 is 28.2. The molecule has 2 aromatic carbocycles. The van der Waals surface area contributed by atoms with Crippen molar-refractivity contribution in [3.63, 3.8) is 0 Å². The number of aryl methyl sites for hydroxylation is 1. The number of fused-ring (bicyclic) bond motifs is 4. The fourth-order valence-electron chi connectivity index (χ4n) is 4.72. The molecule has 2 aromatic rings. The maximum absolute atomic E-state index is 13.2. The molecule has 132 valence electrons. The van der Waals surface area contributed by atoms with Crippen molar-refractivity contribution in [2.75, 3.05) is 6.54 Å². The molecule has 1 saturated heterocycles. The van der Waals surface area contributed by atoms with E-state index in [1.807, 2.05) is 19.1 Å². The van der Waals surface area contributed by atoms with Crippen molar-refractivity contribution >= 4 is 10.0 Å². The van der Waals surface area contributed by atoms with E-state index in [2.05, 4.69) is 31.2 Å². The van der Waals surface area contributed by atoms with Gasteiger partial charge in [-0.2, -0.15) is 4.31 Å². The Bertz CT molecular complexity index is 888. The van der Waals surface area contributed by atoms with Gasteiger partial charge in [0, 0.05) is 12.6 Å². The van der Waals surface area contributed by atoms with Crippen LogP contribution >= 0.6 is 0 Å². The van der Waals surface area contributed by atoms with Gasteiger partial charge in [-0.3, -0.25) is 0 Å². The number of rotatable bonds is 3. The van der Waals surface area contributed by atoms with Gasteiger partial charge in [-0.1, -0.05) is 48.9 Å². The average molecular weight is 356 g/mol. The van der Waals surface area contributed by atoms with Crippen LogP contribution in [0.1, 0.15) is 42.9 Å². The number of nitrogens with zero attached hydrogens (tertiary/aromatic N) is 1. The van der Waals surface area contributed by atoms with Crippen LogP contribution in [0.15, 0.2) is 53.4 Å². The molecule has 0 N–H and O–H groups in total. The van der Waals surface area contributed by atoms with Gasteiger partial charge in [0.25, 0.3) is 0 Å². The van der Waals surface area contributed by atoms with Crippen LogP contribution in [0.5, 0.6) is 0 Å². The van der Waals surface area contributed by atoms with Gasteiger partial charge in [0.1, 0.15) is 0 Å². The fourth-order valence-corrected chi connectivity index (χ4v) is 6.35. The fraction of sp³-hybridized carbons (Fsp3) is 0.429. The van der Waals surface area contributed by atoms with Gasteiger partial charge < -0.3 is 0 Å². The Balaban J connectivity index is 1.73. The van der Waals surface area contributed by atoms with Crippen LogP contribution in [0.4, 0.5) is 0 Å². The minimum Gasteiger partial charge on any atom is -0.207 e. The summed E-state index contributed by atoms with van der Waals surface area (Å²) in [6, 6.07) is 15.9. The molecule has 0 unspecified atom stereocenters. The normalized spacial score (nSPS) is 26.2. The lowest BCUT2D eigenvalue weighted by atomic mass is 9.63. The van der Waals surface area contributed by atoms with Crippen LogP contribution in [0.25, 0.3) is 0 Å². The number of hydrogen-bond donors (Lipinski definition) is 0. The molecular weight excluding hydrogens is 330 g/mol. The molecular formula is C21H25NO2S. The van der Waals surface area contributed by atoms with Crippen molar-refractivity contribution in [2.24, 2.45) is 0 Å². The second-order valence-electron chi connectivity index (χ2n) is 7.53. The highest BCUT2D eigenvalue weighted by Crippen LogP contribution is 2.48. The quantitative estimate of drug-likeness (QED) is 0.833. The summed E-state index contributed by atoms with van der Waals surface area (Å²) in [4.78, 5) is 0.418. The summed E-state index contributed by atoms with van der Waals surface area (Å²) in [5.41, 5.74) is 3.98. The first-order valence-corrected chi connectivity index (χ1v) is 10.6. The first-order valence-electron chi connectivity index (χ1n) is 9.13. The monoisotopic (exact) mass is 355 g/mol. The lowest BCUT2D eigenvalue weighted by Crippen LogP contribution is -2.54. The van der Waals surface area contributed by atoms with Crippen LogP contribution < -0.4 is 0 Å². The maximum atomic E-state index is 13.2. The molecule has 0 radical (unpaired) electrons. The van der Waals surface area contributed by atoms with Gasteiger partial charge >= 0.3 is 0 Å². The topological polar surface area (TPSA) is 37.4 Å². The lowest BCUT2D eigenvalue weighted by Gasteiger charge is -2.50. The predicted molar refractivity (Wildman–Crippen MR) is 100 cm³/mol. The van der Waals surface area contributed by atoms with E-state index < -0.39 is 10.0 Å². The van der Waals surface area contributed by atoms with Crippen LogP contribution in [0.3, 0.4) is 0 Å². The Morgan fingerprint density at radius 2 is 1.84 bits per heavy atom. The maximum Gasteiger partial charge on any atom is 0.243 e. The molecule has 4 rings (SSSR count). The largest absolute Gasteiger partial charge is 0.243 e. The molecule has 1 aliphatic carbocycles. The third kappa shape index (κ3) is 2.63. The highest BCUT2D eigenvalue weighted by atomic mass is 32.2. The van der Waals surface area contributed by atoms with E-state index in [0.717, 1.165) is 31.2 Å². The third-order valence-corrected chi connectivity index (χ3v) is 8.16. The molecule has 0 spiro atoms. The van der Waals surface area contributed by atoms with Crippen molar-refractivity contribution in [3.8, 4) is 0 Å². The van der Waals surface area contributed by atoms with Crippen molar-refractivity contribution in [2.45, 2.75) is 55.9 Å². The Hall–Kier alpha value is -1.65. The molecule has 2 aliphatic rings. The van der Waals surface area contributed by atoms with E-state index >= 15 is 0 Å². The molecule has 1 fully saturated rings. The van der Waals surface area contributed by atoms with Gasteiger partial charge in [-0.15, -0.1) is 0 Å². The summed E-state index contributed by atoms with van der Waals surface area (Å²) in [5.74, 6) is 0. The van der Waals surface area contributed by atoms with Gasteiger partial charge in [-0.25, -0.2) is 8.42 Å². The summed E-state index contributed by atoms with van der Waals surface area (Å²) in [6.45, 7) is 4.83. The second-order valence-corrected chi connectivity index (χ2v) is 9.42. The molecule has 1 heterocycles. The highest BCUT2D eigenvalue weighted by Gasteiger charge is 2.47. The zero-order valence-corrected chi connectivity index (χ0v) is 15.7. The number of hydrogen-bond acceptors (Lipinski definition) is 2. The molecule has 3 nitrogen and oxygen atoms in total. The van der Waals surface area contributed by atoms with E-state index in [-0.39, 0.29) is 11.5 Å². The molecule has 0 aromatic heterocycles. The van der Waals surface area contributed by atoms with Gasteiger partial charge in [0.2, 0.25) is 10.0 Å². The van der Waals surface area contributed by atoms with Crippen LogP contribution in [0, 0.1) is 6.92 Å². The number of sulfonamides is 1. The predicted octanol–water partition coefficient (Wildman–Crippen LogP) is 4.05. The molecule has 0 amide bonds. The molecule has 2 bridgehead atoms. The summed E-state index contributed by atoms with van der Waals surface area (Å²) >= 11 is 0. The second kappa shape index (κ2) is 5.96.